The van der Waals surface area contributed by atoms with Crippen molar-refractivity contribution in [3.63, 3.8) is 0 Å². The summed E-state index contributed by atoms with van der Waals surface area (Å²) in [5, 5.41) is 11.9. The number of methoxy groups -OCH3 is 1. The Morgan fingerprint density at radius 3 is 2.40 bits per heavy atom. The minimum absolute atomic E-state index is 0.00630. The number of nitrogens with one attached hydrogen (secondary N) is 1. The van der Waals surface area contributed by atoms with Crippen molar-refractivity contribution >= 4 is 11.9 Å². The maximum atomic E-state index is 12.3. The molecule has 0 aliphatic heterocycles. The second-order valence-electron chi connectivity index (χ2n) is 5.78. The highest BCUT2D eigenvalue weighted by Gasteiger charge is 2.16. The Hall–Kier alpha value is -2.82. The van der Waals surface area contributed by atoms with Crippen LogP contribution in [0.2, 0.25) is 0 Å². The number of aliphatic carboxylic acids is 1. The van der Waals surface area contributed by atoms with E-state index in [2.05, 4.69) is 5.32 Å². The third kappa shape index (κ3) is 5.95. The fourth-order valence-electron chi connectivity index (χ4n) is 2.70. The monoisotopic (exact) mass is 341 g/mol. The number of ether oxygens (including phenoxy) is 1. The predicted octanol–water partition coefficient (Wildman–Crippen LogP) is 3.35. The first-order valence-electron chi connectivity index (χ1n) is 8.28. The fraction of sp³-hybridized carbons (Fsp3) is 0.300. The Bertz CT molecular complexity index is 700. The van der Waals surface area contributed by atoms with E-state index in [1.54, 1.807) is 7.11 Å². The standard InChI is InChI=1S/C20H23NO4/c1-25-18-10-6-5-9-16(18)11-13-19(22)21-17(12-14-20(23)24)15-7-3-2-4-8-15/h2-10,17H,11-14H2,1H3,(H,21,22)(H,23,24). The van der Waals surface area contributed by atoms with Crippen LogP contribution < -0.4 is 10.1 Å². The number of para-hydroxylation sites is 1. The number of hydrogen-bond donors (Lipinski definition) is 2. The van der Waals surface area contributed by atoms with Gasteiger partial charge in [-0.05, 0) is 30.0 Å². The number of aryl methyl sites for hydroxylation is 1. The molecule has 0 saturated carbocycles. The third-order valence-corrected chi connectivity index (χ3v) is 4.00. The summed E-state index contributed by atoms with van der Waals surface area (Å²) in [6.07, 6.45) is 1.25. The molecular weight excluding hydrogens is 318 g/mol. The molecule has 0 bridgehead atoms. The molecule has 0 radical (unpaired) electrons. The average molecular weight is 341 g/mol. The normalized spacial score (nSPS) is 11.6. The maximum Gasteiger partial charge on any atom is 0.303 e. The van der Waals surface area contributed by atoms with E-state index in [0.717, 1.165) is 16.9 Å². The Labute approximate surface area is 147 Å². The van der Waals surface area contributed by atoms with Gasteiger partial charge in [0.1, 0.15) is 5.75 Å². The molecule has 0 aliphatic carbocycles. The van der Waals surface area contributed by atoms with E-state index >= 15 is 0 Å². The second kappa shape index (κ2) is 9.47. The summed E-state index contributed by atoms with van der Waals surface area (Å²) in [4.78, 5) is 23.2. The lowest BCUT2D eigenvalue weighted by Gasteiger charge is -2.19. The number of carbonyl (C=O) groups excluding carboxylic acids is 1. The lowest BCUT2D eigenvalue weighted by atomic mass is 10.0. The zero-order chi connectivity index (χ0) is 18.1. The van der Waals surface area contributed by atoms with Crippen molar-refractivity contribution in [1.82, 2.24) is 5.32 Å². The summed E-state index contributed by atoms with van der Waals surface area (Å²) in [5.74, 6) is -0.213. The van der Waals surface area contributed by atoms with Gasteiger partial charge < -0.3 is 15.2 Å². The second-order valence-corrected chi connectivity index (χ2v) is 5.78. The largest absolute Gasteiger partial charge is 0.496 e. The minimum atomic E-state index is -0.871. The Morgan fingerprint density at radius 2 is 1.72 bits per heavy atom. The van der Waals surface area contributed by atoms with E-state index in [4.69, 9.17) is 9.84 Å². The molecule has 2 aromatic carbocycles. The summed E-state index contributed by atoms with van der Waals surface area (Å²) in [6, 6.07) is 16.7. The first-order valence-corrected chi connectivity index (χ1v) is 8.28. The molecule has 0 saturated heterocycles. The van der Waals surface area contributed by atoms with Crippen LogP contribution in [0.1, 0.15) is 36.4 Å². The van der Waals surface area contributed by atoms with E-state index < -0.39 is 5.97 Å². The molecule has 132 valence electrons. The van der Waals surface area contributed by atoms with Crippen LogP contribution in [0.5, 0.6) is 5.75 Å². The van der Waals surface area contributed by atoms with Crippen LogP contribution in [-0.2, 0) is 16.0 Å². The molecule has 2 N–H and O–H groups in total. The lowest BCUT2D eigenvalue weighted by Crippen LogP contribution is -2.29. The third-order valence-electron chi connectivity index (χ3n) is 4.00. The molecule has 0 spiro atoms. The summed E-state index contributed by atoms with van der Waals surface area (Å²) < 4.78 is 5.30. The molecule has 1 unspecified atom stereocenters. The number of carboxylic acid groups (broad SMARTS) is 1. The molecule has 0 aromatic heterocycles. The first-order chi connectivity index (χ1) is 12.1. The van der Waals surface area contributed by atoms with Gasteiger partial charge in [0.15, 0.2) is 0 Å². The molecule has 1 amide bonds. The van der Waals surface area contributed by atoms with Crippen LogP contribution >= 0.6 is 0 Å². The average Bonchev–Trinajstić information content (AvgIpc) is 2.64. The Kier molecular flexibility index (Phi) is 7.01. The summed E-state index contributed by atoms with van der Waals surface area (Å²) >= 11 is 0. The van der Waals surface area contributed by atoms with Gasteiger partial charge in [-0.25, -0.2) is 0 Å². The number of amides is 1. The topological polar surface area (TPSA) is 75.6 Å². The number of carboxylic acids is 1. The molecule has 2 rings (SSSR count). The smallest absolute Gasteiger partial charge is 0.303 e. The van der Waals surface area contributed by atoms with E-state index in [-0.39, 0.29) is 18.4 Å². The quantitative estimate of drug-likeness (QED) is 0.733. The van der Waals surface area contributed by atoms with Crippen LogP contribution in [0.25, 0.3) is 0 Å². The molecular formula is C20H23NO4. The highest BCUT2D eigenvalue weighted by molar-refractivity contribution is 5.77. The van der Waals surface area contributed by atoms with Gasteiger partial charge in [0.25, 0.3) is 0 Å². The van der Waals surface area contributed by atoms with Crippen molar-refractivity contribution in [3.8, 4) is 5.75 Å². The zero-order valence-corrected chi connectivity index (χ0v) is 14.3. The number of hydrogen-bond acceptors (Lipinski definition) is 3. The van der Waals surface area contributed by atoms with Gasteiger partial charge in [0.2, 0.25) is 5.91 Å². The number of carbonyl (C=O) groups is 2. The summed E-state index contributed by atoms with van der Waals surface area (Å²) in [6.45, 7) is 0. The van der Waals surface area contributed by atoms with Crippen molar-refractivity contribution in [3.05, 3.63) is 65.7 Å². The van der Waals surface area contributed by atoms with Gasteiger partial charge in [-0.1, -0.05) is 48.5 Å². The summed E-state index contributed by atoms with van der Waals surface area (Å²) in [5.41, 5.74) is 1.89. The van der Waals surface area contributed by atoms with Crippen LogP contribution in [0.4, 0.5) is 0 Å². The van der Waals surface area contributed by atoms with Gasteiger partial charge in [0, 0.05) is 12.8 Å². The molecule has 5 nitrogen and oxygen atoms in total. The van der Waals surface area contributed by atoms with Gasteiger partial charge in [-0.2, -0.15) is 0 Å². The number of rotatable bonds is 9. The van der Waals surface area contributed by atoms with Crippen LogP contribution in [0, 0.1) is 0 Å². The highest BCUT2D eigenvalue weighted by atomic mass is 16.5. The van der Waals surface area contributed by atoms with Crippen LogP contribution in [-0.4, -0.2) is 24.1 Å². The van der Waals surface area contributed by atoms with Gasteiger partial charge in [0.05, 0.1) is 13.2 Å². The van der Waals surface area contributed by atoms with Gasteiger partial charge in [-0.3, -0.25) is 9.59 Å². The van der Waals surface area contributed by atoms with E-state index in [1.807, 2.05) is 54.6 Å². The highest BCUT2D eigenvalue weighted by Crippen LogP contribution is 2.21. The van der Waals surface area contributed by atoms with Gasteiger partial charge in [-0.15, -0.1) is 0 Å². The predicted molar refractivity (Wildman–Crippen MR) is 95.5 cm³/mol. The van der Waals surface area contributed by atoms with Crippen LogP contribution in [0.15, 0.2) is 54.6 Å². The lowest BCUT2D eigenvalue weighted by molar-refractivity contribution is -0.137. The Balaban J connectivity index is 1.97. The van der Waals surface area contributed by atoms with Crippen molar-refractivity contribution in [2.75, 3.05) is 7.11 Å². The zero-order valence-electron chi connectivity index (χ0n) is 14.3. The van der Waals surface area contributed by atoms with E-state index in [1.165, 1.54) is 0 Å². The molecule has 0 aliphatic rings. The molecule has 5 heteroatoms. The molecule has 0 fully saturated rings. The van der Waals surface area contributed by atoms with E-state index in [0.29, 0.717) is 19.3 Å². The minimum Gasteiger partial charge on any atom is -0.496 e. The summed E-state index contributed by atoms with van der Waals surface area (Å²) in [7, 11) is 1.61. The molecule has 0 heterocycles. The van der Waals surface area contributed by atoms with Crippen LogP contribution in [0.3, 0.4) is 0 Å². The van der Waals surface area contributed by atoms with Crippen molar-refractivity contribution in [1.29, 1.82) is 0 Å². The van der Waals surface area contributed by atoms with Gasteiger partial charge >= 0.3 is 5.97 Å². The molecule has 1 atom stereocenters. The van der Waals surface area contributed by atoms with Crippen molar-refractivity contribution in [2.24, 2.45) is 0 Å². The van der Waals surface area contributed by atoms with Crippen molar-refractivity contribution in [2.45, 2.75) is 31.7 Å². The first kappa shape index (κ1) is 18.5. The number of benzene rings is 2. The molecule has 2 aromatic rings. The fourth-order valence-corrected chi connectivity index (χ4v) is 2.70. The maximum absolute atomic E-state index is 12.3. The molecule has 25 heavy (non-hydrogen) atoms. The Morgan fingerprint density at radius 1 is 1.04 bits per heavy atom. The SMILES string of the molecule is COc1ccccc1CCC(=O)NC(CCC(=O)O)c1ccccc1. The van der Waals surface area contributed by atoms with Crippen molar-refractivity contribution < 1.29 is 19.4 Å². The van der Waals surface area contributed by atoms with E-state index in [9.17, 15) is 9.59 Å².